The SMILES string of the molecule is Cc1cc(NC(=O)CC2CCCC2)ccc1C(=O)O. The highest BCUT2D eigenvalue weighted by molar-refractivity contribution is 5.93. The molecule has 1 aliphatic carbocycles. The normalized spacial score (nSPS) is 15.4. The molecule has 4 heteroatoms. The molecule has 0 aromatic heterocycles. The molecule has 1 aromatic rings. The lowest BCUT2D eigenvalue weighted by atomic mass is 10.0. The maximum absolute atomic E-state index is 11.9. The van der Waals surface area contributed by atoms with Crippen LogP contribution in [0, 0.1) is 12.8 Å². The zero-order chi connectivity index (χ0) is 13.8. The highest BCUT2D eigenvalue weighted by atomic mass is 16.4. The zero-order valence-electron chi connectivity index (χ0n) is 11.1. The van der Waals surface area contributed by atoms with Gasteiger partial charge in [-0.05, 0) is 49.4 Å². The predicted octanol–water partition coefficient (Wildman–Crippen LogP) is 3.21. The van der Waals surface area contributed by atoms with Crippen LogP contribution in [0.25, 0.3) is 0 Å². The lowest BCUT2D eigenvalue weighted by Crippen LogP contribution is -2.15. The molecular formula is C15H19NO3. The van der Waals surface area contributed by atoms with Gasteiger partial charge in [-0.1, -0.05) is 12.8 Å². The Morgan fingerprint density at radius 2 is 2.00 bits per heavy atom. The molecule has 2 N–H and O–H groups in total. The molecule has 4 nitrogen and oxygen atoms in total. The minimum absolute atomic E-state index is 0.0226. The lowest BCUT2D eigenvalue weighted by molar-refractivity contribution is -0.117. The van der Waals surface area contributed by atoms with Crippen molar-refractivity contribution in [2.75, 3.05) is 5.32 Å². The molecule has 19 heavy (non-hydrogen) atoms. The summed E-state index contributed by atoms with van der Waals surface area (Å²) in [7, 11) is 0. The van der Waals surface area contributed by atoms with Gasteiger partial charge in [-0.25, -0.2) is 4.79 Å². The van der Waals surface area contributed by atoms with Crippen molar-refractivity contribution in [1.82, 2.24) is 0 Å². The summed E-state index contributed by atoms with van der Waals surface area (Å²) in [6.45, 7) is 1.73. The van der Waals surface area contributed by atoms with Gasteiger partial charge in [0.2, 0.25) is 5.91 Å². The van der Waals surface area contributed by atoms with E-state index in [2.05, 4.69) is 5.32 Å². The Morgan fingerprint density at radius 1 is 1.32 bits per heavy atom. The number of carbonyl (C=O) groups is 2. The van der Waals surface area contributed by atoms with Crippen LogP contribution in [0.1, 0.15) is 48.0 Å². The van der Waals surface area contributed by atoms with Crippen LogP contribution in [0.15, 0.2) is 18.2 Å². The van der Waals surface area contributed by atoms with E-state index < -0.39 is 5.97 Å². The largest absolute Gasteiger partial charge is 0.478 e. The minimum Gasteiger partial charge on any atom is -0.478 e. The number of carboxylic acids is 1. The van der Waals surface area contributed by atoms with Crippen LogP contribution < -0.4 is 5.32 Å². The van der Waals surface area contributed by atoms with Crippen molar-refractivity contribution in [3.63, 3.8) is 0 Å². The molecule has 0 radical (unpaired) electrons. The number of nitrogens with one attached hydrogen (secondary N) is 1. The standard InChI is InChI=1S/C15H19NO3/c1-10-8-12(6-7-13(10)15(18)19)16-14(17)9-11-4-2-3-5-11/h6-8,11H,2-5,9H2,1H3,(H,16,17)(H,18,19). The van der Waals surface area contributed by atoms with Gasteiger partial charge in [0, 0.05) is 12.1 Å². The smallest absolute Gasteiger partial charge is 0.335 e. The van der Waals surface area contributed by atoms with Crippen LogP contribution in [0.5, 0.6) is 0 Å². The van der Waals surface area contributed by atoms with Gasteiger partial charge in [0.15, 0.2) is 0 Å². The molecule has 1 fully saturated rings. The van der Waals surface area contributed by atoms with E-state index in [0.29, 0.717) is 23.6 Å². The van der Waals surface area contributed by atoms with E-state index in [1.807, 2.05) is 0 Å². The van der Waals surface area contributed by atoms with Crippen molar-refractivity contribution >= 4 is 17.6 Å². The number of carboxylic acid groups (broad SMARTS) is 1. The van der Waals surface area contributed by atoms with E-state index in [0.717, 1.165) is 12.8 Å². The summed E-state index contributed by atoms with van der Waals surface area (Å²) >= 11 is 0. The van der Waals surface area contributed by atoms with Crippen molar-refractivity contribution < 1.29 is 14.7 Å². The Hall–Kier alpha value is -1.84. The maximum Gasteiger partial charge on any atom is 0.335 e. The first-order chi connectivity index (χ1) is 9.06. The van der Waals surface area contributed by atoms with Gasteiger partial charge in [0.1, 0.15) is 0 Å². The van der Waals surface area contributed by atoms with E-state index in [1.54, 1.807) is 19.1 Å². The van der Waals surface area contributed by atoms with Gasteiger partial charge < -0.3 is 10.4 Å². The Balaban J connectivity index is 1.96. The molecule has 0 bridgehead atoms. The van der Waals surface area contributed by atoms with Crippen LogP contribution >= 0.6 is 0 Å². The van der Waals surface area contributed by atoms with Crippen LogP contribution in [-0.2, 0) is 4.79 Å². The van der Waals surface area contributed by atoms with Gasteiger partial charge in [0.05, 0.1) is 5.56 Å². The van der Waals surface area contributed by atoms with Crippen molar-refractivity contribution in [2.24, 2.45) is 5.92 Å². The van der Waals surface area contributed by atoms with E-state index in [9.17, 15) is 9.59 Å². The van der Waals surface area contributed by atoms with E-state index >= 15 is 0 Å². The summed E-state index contributed by atoms with van der Waals surface area (Å²) in [5.41, 5.74) is 1.60. The second-order valence-electron chi connectivity index (χ2n) is 5.24. The van der Waals surface area contributed by atoms with Gasteiger partial charge >= 0.3 is 5.97 Å². The van der Waals surface area contributed by atoms with Crippen LogP contribution in [-0.4, -0.2) is 17.0 Å². The first-order valence-corrected chi connectivity index (χ1v) is 6.70. The fraction of sp³-hybridized carbons (Fsp3) is 0.467. The van der Waals surface area contributed by atoms with Crippen LogP contribution in [0.2, 0.25) is 0 Å². The first-order valence-electron chi connectivity index (χ1n) is 6.70. The van der Waals surface area contributed by atoms with Crippen LogP contribution in [0.4, 0.5) is 5.69 Å². The number of hydrogen-bond acceptors (Lipinski definition) is 2. The number of hydrogen-bond donors (Lipinski definition) is 2. The van der Waals surface area contributed by atoms with Crippen molar-refractivity contribution in [3.8, 4) is 0 Å². The third-order valence-electron chi connectivity index (χ3n) is 3.69. The van der Waals surface area contributed by atoms with Gasteiger partial charge in [-0.2, -0.15) is 0 Å². The topological polar surface area (TPSA) is 66.4 Å². The Morgan fingerprint density at radius 3 is 2.58 bits per heavy atom. The average molecular weight is 261 g/mol. The predicted molar refractivity (Wildman–Crippen MR) is 73.3 cm³/mol. The molecule has 1 aliphatic rings. The molecule has 102 valence electrons. The molecule has 1 amide bonds. The number of anilines is 1. The van der Waals surface area contributed by atoms with E-state index in [4.69, 9.17) is 5.11 Å². The second kappa shape index (κ2) is 5.87. The molecule has 0 atom stereocenters. The Kier molecular flexibility index (Phi) is 4.20. The fourth-order valence-corrected chi connectivity index (χ4v) is 2.67. The number of aryl methyl sites for hydroxylation is 1. The quantitative estimate of drug-likeness (QED) is 0.874. The zero-order valence-corrected chi connectivity index (χ0v) is 11.1. The highest BCUT2D eigenvalue weighted by Crippen LogP contribution is 2.27. The molecular weight excluding hydrogens is 242 g/mol. The number of rotatable bonds is 4. The van der Waals surface area contributed by atoms with Crippen LogP contribution in [0.3, 0.4) is 0 Å². The van der Waals surface area contributed by atoms with Gasteiger partial charge in [-0.15, -0.1) is 0 Å². The molecule has 0 heterocycles. The Labute approximate surface area is 112 Å². The maximum atomic E-state index is 11.9. The molecule has 0 saturated heterocycles. The van der Waals surface area contributed by atoms with Gasteiger partial charge in [0.25, 0.3) is 0 Å². The lowest BCUT2D eigenvalue weighted by Gasteiger charge is -2.10. The molecule has 0 aliphatic heterocycles. The number of amides is 1. The number of carbonyl (C=O) groups excluding carboxylic acids is 1. The molecule has 0 spiro atoms. The monoisotopic (exact) mass is 261 g/mol. The van der Waals surface area contributed by atoms with Gasteiger partial charge in [-0.3, -0.25) is 4.79 Å². The third kappa shape index (κ3) is 3.56. The second-order valence-corrected chi connectivity index (χ2v) is 5.24. The molecule has 1 saturated carbocycles. The Bertz CT molecular complexity index is 490. The number of benzene rings is 1. The summed E-state index contributed by atoms with van der Waals surface area (Å²) < 4.78 is 0. The van der Waals surface area contributed by atoms with Crippen molar-refractivity contribution in [1.29, 1.82) is 0 Å². The summed E-state index contributed by atoms with van der Waals surface area (Å²) in [6, 6.07) is 4.88. The van der Waals surface area contributed by atoms with Crippen molar-refractivity contribution in [2.45, 2.75) is 39.0 Å². The summed E-state index contributed by atoms with van der Waals surface area (Å²) in [6.07, 6.45) is 5.31. The molecule has 2 rings (SSSR count). The first kappa shape index (κ1) is 13.6. The molecule has 1 aromatic carbocycles. The summed E-state index contributed by atoms with van der Waals surface area (Å²) in [4.78, 5) is 22.8. The summed E-state index contributed by atoms with van der Waals surface area (Å²) in [5.74, 6) is -0.407. The van der Waals surface area contributed by atoms with E-state index in [-0.39, 0.29) is 11.5 Å². The summed E-state index contributed by atoms with van der Waals surface area (Å²) in [5, 5.41) is 11.8. The average Bonchev–Trinajstić information content (AvgIpc) is 2.81. The minimum atomic E-state index is -0.943. The van der Waals surface area contributed by atoms with Crippen molar-refractivity contribution in [3.05, 3.63) is 29.3 Å². The van der Waals surface area contributed by atoms with E-state index in [1.165, 1.54) is 18.9 Å². The highest BCUT2D eigenvalue weighted by Gasteiger charge is 2.18. The number of aromatic carboxylic acids is 1. The molecule has 0 unspecified atom stereocenters. The third-order valence-corrected chi connectivity index (χ3v) is 3.69. The fourth-order valence-electron chi connectivity index (χ4n) is 2.67.